The summed E-state index contributed by atoms with van der Waals surface area (Å²) in [4.78, 5) is 23.4. The van der Waals surface area contributed by atoms with Crippen LogP contribution in [-0.2, 0) is 14.3 Å². The van der Waals surface area contributed by atoms with Crippen molar-refractivity contribution in [1.29, 1.82) is 0 Å². The number of benzene rings is 1. The molecule has 1 rings (SSSR count). The standard InChI is InChI=1S/C17H25NO4/c1-6-14(21-12(2)19)15(13-10-8-7-9-11-13)18-16(20)22-17(3,4)5/h7-11,14-15H,6H2,1-5H3,(H,18,20)/t14-,15+/m0/s1. The maximum atomic E-state index is 12.1. The minimum Gasteiger partial charge on any atom is -0.460 e. The summed E-state index contributed by atoms with van der Waals surface area (Å²) in [5.41, 5.74) is 0.274. The molecule has 0 radical (unpaired) electrons. The van der Waals surface area contributed by atoms with Gasteiger partial charge in [0.2, 0.25) is 0 Å². The van der Waals surface area contributed by atoms with Gasteiger partial charge in [0.15, 0.2) is 0 Å². The van der Waals surface area contributed by atoms with Crippen molar-refractivity contribution in [2.45, 2.75) is 58.8 Å². The van der Waals surface area contributed by atoms with E-state index in [0.717, 1.165) is 5.56 Å². The lowest BCUT2D eigenvalue weighted by Gasteiger charge is -2.28. The van der Waals surface area contributed by atoms with Crippen molar-refractivity contribution >= 4 is 12.1 Å². The molecule has 22 heavy (non-hydrogen) atoms. The molecule has 2 atom stereocenters. The monoisotopic (exact) mass is 307 g/mol. The van der Waals surface area contributed by atoms with E-state index in [0.29, 0.717) is 6.42 Å². The number of nitrogens with one attached hydrogen (secondary N) is 1. The van der Waals surface area contributed by atoms with Gasteiger partial charge in [0.1, 0.15) is 11.7 Å². The first-order valence-corrected chi connectivity index (χ1v) is 7.44. The number of carbonyl (C=O) groups excluding carboxylic acids is 2. The van der Waals surface area contributed by atoms with Gasteiger partial charge in [-0.05, 0) is 32.8 Å². The molecule has 0 aromatic heterocycles. The first-order chi connectivity index (χ1) is 10.2. The second-order valence-corrected chi connectivity index (χ2v) is 6.09. The summed E-state index contributed by atoms with van der Waals surface area (Å²) in [5, 5.41) is 2.81. The molecule has 5 nitrogen and oxygen atoms in total. The third kappa shape index (κ3) is 6.16. The molecule has 5 heteroatoms. The Bertz CT molecular complexity index is 493. The molecule has 0 heterocycles. The van der Waals surface area contributed by atoms with Crippen LogP contribution in [0.4, 0.5) is 4.79 Å². The molecule has 0 bridgehead atoms. The molecule has 0 saturated heterocycles. The molecule has 0 fully saturated rings. The molecule has 0 aliphatic rings. The molecular weight excluding hydrogens is 282 g/mol. The minimum absolute atomic E-state index is 0.376. The van der Waals surface area contributed by atoms with Gasteiger partial charge >= 0.3 is 12.1 Å². The van der Waals surface area contributed by atoms with Gasteiger partial charge in [-0.1, -0.05) is 37.3 Å². The fourth-order valence-corrected chi connectivity index (χ4v) is 2.09. The van der Waals surface area contributed by atoms with Crippen LogP contribution >= 0.6 is 0 Å². The van der Waals surface area contributed by atoms with Gasteiger partial charge in [0.05, 0.1) is 6.04 Å². The van der Waals surface area contributed by atoms with Crippen molar-refractivity contribution in [3.63, 3.8) is 0 Å². The smallest absolute Gasteiger partial charge is 0.408 e. The summed E-state index contributed by atoms with van der Waals surface area (Å²) in [6, 6.07) is 8.95. The van der Waals surface area contributed by atoms with E-state index >= 15 is 0 Å². The lowest BCUT2D eigenvalue weighted by molar-refractivity contribution is -0.148. The van der Waals surface area contributed by atoms with Crippen LogP contribution in [0.5, 0.6) is 0 Å². The maximum Gasteiger partial charge on any atom is 0.408 e. The third-order valence-electron chi connectivity index (χ3n) is 2.92. The van der Waals surface area contributed by atoms with E-state index < -0.39 is 23.8 Å². The van der Waals surface area contributed by atoms with E-state index in [4.69, 9.17) is 9.47 Å². The molecular formula is C17H25NO4. The van der Waals surface area contributed by atoms with Gasteiger partial charge in [-0.15, -0.1) is 0 Å². The van der Waals surface area contributed by atoms with Crippen molar-refractivity contribution in [3.8, 4) is 0 Å². The fourth-order valence-electron chi connectivity index (χ4n) is 2.09. The average Bonchev–Trinajstić information content (AvgIpc) is 2.41. The highest BCUT2D eigenvalue weighted by Crippen LogP contribution is 2.22. The molecule has 1 N–H and O–H groups in total. The lowest BCUT2D eigenvalue weighted by atomic mass is 9.99. The van der Waals surface area contributed by atoms with Gasteiger partial charge < -0.3 is 14.8 Å². The quantitative estimate of drug-likeness (QED) is 0.844. The number of hydrogen-bond donors (Lipinski definition) is 1. The van der Waals surface area contributed by atoms with E-state index in [9.17, 15) is 9.59 Å². The Labute approximate surface area is 132 Å². The Morgan fingerprint density at radius 3 is 2.23 bits per heavy atom. The third-order valence-corrected chi connectivity index (χ3v) is 2.92. The van der Waals surface area contributed by atoms with E-state index in [2.05, 4.69) is 5.32 Å². The molecule has 0 aliphatic heterocycles. The van der Waals surface area contributed by atoms with Crippen LogP contribution in [0.25, 0.3) is 0 Å². The number of ether oxygens (including phenoxy) is 2. The van der Waals surface area contributed by atoms with Crippen LogP contribution in [0, 0.1) is 0 Å². The van der Waals surface area contributed by atoms with E-state index in [1.165, 1.54) is 6.92 Å². The summed E-state index contributed by atoms with van der Waals surface area (Å²) in [7, 11) is 0. The fraction of sp³-hybridized carbons (Fsp3) is 0.529. The van der Waals surface area contributed by atoms with Crippen LogP contribution in [0.15, 0.2) is 30.3 Å². The second kappa shape index (κ2) is 7.82. The molecule has 122 valence electrons. The van der Waals surface area contributed by atoms with Gasteiger partial charge in [0, 0.05) is 6.92 Å². The highest BCUT2D eigenvalue weighted by atomic mass is 16.6. The highest BCUT2D eigenvalue weighted by molar-refractivity contribution is 5.69. The molecule has 0 unspecified atom stereocenters. The molecule has 0 saturated carbocycles. The van der Waals surface area contributed by atoms with Crippen LogP contribution in [0.1, 0.15) is 52.6 Å². The molecule has 0 aliphatic carbocycles. The Morgan fingerprint density at radius 2 is 1.77 bits per heavy atom. The van der Waals surface area contributed by atoms with Crippen LogP contribution in [0.2, 0.25) is 0 Å². The molecule has 1 aromatic carbocycles. The zero-order valence-corrected chi connectivity index (χ0v) is 13.9. The van der Waals surface area contributed by atoms with E-state index in [-0.39, 0.29) is 5.97 Å². The predicted molar refractivity (Wildman–Crippen MR) is 84.4 cm³/mol. The summed E-state index contributed by atoms with van der Waals surface area (Å²) < 4.78 is 10.6. The van der Waals surface area contributed by atoms with Crippen molar-refractivity contribution in [1.82, 2.24) is 5.32 Å². The topological polar surface area (TPSA) is 64.6 Å². The number of carbonyl (C=O) groups is 2. The molecule has 0 spiro atoms. The summed E-state index contributed by atoms with van der Waals surface area (Å²) >= 11 is 0. The zero-order chi connectivity index (χ0) is 16.8. The first kappa shape index (κ1) is 18.0. The Balaban J connectivity index is 2.96. The Morgan fingerprint density at radius 1 is 1.18 bits per heavy atom. The van der Waals surface area contributed by atoms with Gasteiger partial charge in [-0.3, -0.25) is 4.79 Å². The summed E-state index contributed by atoms with van der Waals surface area (Å²) in [6.45, 7) is 8.66. The predicted octanol–water partition coefficient (Wildman–Crippen LogP) is 3.59. The van der Waals surface area contributed by atoms with Crippen molar-refractivity contribution < 1.29 is 19.1 Å². The number of rotatable bonds is 5. The minimum atomic E-state index is -0.589. The van der Waals surface area contributed by atoms with E-state index in [1.807, 2.05) is 37.3 Å². The number of alkyl carbamates (subject to hydrolysis) is 1. The van der Waals surface area contributed by atoms with Gasteiger partial charge in [-0.25, -0.2) is 4.79 Å². The summed E-state index contributed by atoms with van der Waals surface area (Å²) in [6.07, 6.45) is -0.408. The zero-order valence-electron chi connectivity index (χ0n) is 13.9. The maximum absolute atomic E-state index is 12.1. The van der Waals surface area contributed by atoms with Crippen molar-refractivity contribution in [2.75, 3.05) is 0 Å². The van der Waals surface area contributed by atoms with Crippen molar-refractivity contribution in [3.05, 3.63) is 35.9 Å². The van der Waals surface area contributed by atoms with Crippen LogP contribution < -0.4 is 5.32 Å². The van der Waals surface area contributed by atoms with Gasteiger partial charge in [-0.2, -0.15) is 0 Å². The van der Waals surface area contributed by atoms with Crippen molar-refractivity contribution in [2.24, 2.45) is 0 Å². The summed E-state index contributed by atoms with van der Waals surface area (Å²) in [5.74, 6) is -0.376. The van der Waals surface area contributed by atoms with Gasteiger partial charge in [0.25, 0.3) is 0 Å². The molecule has 1 amide bonds. The largest absolute Gasteiger partial charge is 0.460 e. The number of amides is 1. The van der Waals surface area contributed by atoms with E-state index in [1.54, 1.807) is 20.8 Å². The van der Waals surface area contributed by atoms with Crippen LogP contribution in [-0.4, -0.2) is 23.8 Å². The number of hydrogen-bond acceptors (Lipinski definition) is 4. The number of esters is 1. The Kier molecular flexibility index (Phi) is 6.40. The first-order valence-electron chi connectivity index (χ1n) is 7.44. The van der Waals surface area contributed by atoms with Crippen LogP contribution in [0.3, 0.4) is 0 Å². The Hall–Kier alpha value is -2.04. The lowest BCUT2D eigenvalue weighted by Crippen LogP contribution is -2.41. The average molecular weight is 307 g/mol. The second-order valence-electron chi connectivity index (χ2n) is 6.09. The normalized spacial score (nSPS) is 13.9. The SMILES string of the molecule is CC[C@H](OC(C)=O)[C@H](NC(=O)OC(C)(C)C)c1ccccc1. The molecule has 1 aromatic rings. The highest BCUT2D eigenvalue weighted by Gasteiger charge is 2.28.